The van der Waals surface area contributed by atoms with Crippen LogP contribution in [0.4, 0.5) is 0 Å². The molecular weight excluding hydrogens is 763 g/mol. The zero-order valence-corrected chi connectivity index (χ0v) is 36.8. The van der Waals surface area contributed by atoms with E-state index in [-0.39, 0.29) is 24.7 Å². The van der Waals surface area contributed by atoms with Gasteiger partial charge in [0.15, 0.2) is 0 Å². The number of hydrogen-bond acceptors (Lipinski definition) is 9. The van der Waals surface area contributed by atoms with E-state index in [0.29, 0.717) is 35.6 Å². The second kappa shape index (κ2) is 19.9. The Morgan fingerprint density at radius 1 is 0.817 bits per heavy atom. The molecule has 0 unspecified atom stereocenters. The highest BCUT2D eigenvalue weighted by Crippen LogP contribution is 2.39. The van der Waals surface area contributed by atoms with Gasteiger partial charge >= 0.3 is 5.97 Å². The number of amides is 4. The number of aromatic nitrogens is 1. The fraction of sp³-hybridized carbons (Fsp3) is 0.574. The molecule has 2 aliphatic carbocycles. The molecule has 0 spiro atoms. The fourth-order valence-electron chi connectivity index (χ4n) is 8.38. The zero-order chi connectivity index (χ0) is 43.8. The van der Waals surface area contributed by atoms with Crippen molar-refractivity contribution < 1.29 is 38.2 Å². The van der Waals surface area contributed by atoms with E-state index in [1.165, 1.54) is 0 Å². The maximum absolute atomic E-state index is 14.6. The highest BCUT2D eigenvalue weighted by Gasteiger charge is 2.47. The van der Waals surface area contributed by atoms with E-state index in [1.54, 1.807) is 34.9 Å². The fourth-order valence-corrected chi connectivity index (χ4v) is 8.38. The third-order valence-electron chi connectivity index (χ3n) is 11.5. The van der Waals surface area contributed by atoms with Crippen molar-refractivity contribution in [3.05, 3.63) is 54.6 Å². The maximum atomic E-state index is 14.6. The van der Waals surface area contributed by atoms with Crippen LogP contribution in [0.25, 0.3) is 22.2 Å². The van der Waals surface area contributed by atoms with Gasteiger partial charge < -0.3 is 35.5 Å². The normalized spacial score (nSPS) is 20.0. The number of fused-ring (bicyclic) bond motifs is 1. The van der Waals surface area contributed by atoms with E-state index in [0.717, 1.165) is 43.1 Å². The predicted molar refractivity (Wildman–Crippen MR) is 231 cm³/mol. The van der Waals surface area contributed by atoms with Crippen molar-refractivity contribution >= 4 is 40.5 Å². The molecule has 0 saturated heterocycles. The van der Waals surface area contributed by atoms with Crippen LogP contribution in [0.5, 0.6) is 11.5 Å². The Morgan fingerprint density at radius 3 is 2.05 bits per heavy atom. The van der Waals surface area contributed by atoms with E-state index in [1.807, 2.05) is 82.3 Å². The van der Waals surface area contributed by atoms with E-state index >= 15 is 0 Å². The van der Waals surface area contributed by atoms with Gasteiger partial charge in [-0.1, -0.05) is 83.7 Å². The predicted octanol–water partition coefficient (Wildman–Crippen LogP) is 6.65. The lowest BCUT2D eigenvalue weighted by atomic mass is 9.82. The van der Waals surface area contributed by atoms with Crippen LogP contribution in [-0.4, -0.2) is 78.6 Å². The summed E-state index contributed by atoms with van der Waals surface area (Å²) in [5.41, 5.74) is 0.670. The molecular formula is C47H65N5O8. The second-order valence-corrected chi connectivity index (χ2v) is 18.4. The van der Waals surface area contributed by atoms with Crippen LogP contribution in [0, 0.1) is 23.2 Å². The lowest BCUT2D eigenvalue weighted by Gasteiger charge is -2.35. The maximum Gasteiger partial charge on any atom is 0.329 e. The molecule has 2 aliphatic rings. The van der Waals surface area contributed by atoms with Crippen LogP contribution in [0.3, 0.4) is 0 Å². The van der Waals surface area contributed by atoms with Crippen molar-refractivity contribution in [2.45, 2.75) is 136 Å². The van der Waals surface area contributed by atoms with Crippen LogP contribution in [0.1, 0.15) is 106 Å². The highest BCUT2D eigenvalue weighted by molar-refractivity contribution is 5.95. The summed E-state index contributed by atoms with van der Waals surface area (Å²) >= 11 is 0. The van der Waals surface area contributed by atoms with Crippen LogP contribution < -0.4 is 30.7 Å². The van der Waals surface area contributed by atoms with Gasteiger partial charge in [-0.25, -0.2) is 9.78 Å². The third kappa shape index (κ3) is 11.8. The number of pyridine rings is 1. The largest absolute Gasteiger partial charge is 0.497 e. The number of rotatable bonds is 15. The third-order valence-corrected chi connectivity index (χ3v) is 11.5. The topological polar surface area (TPSA) is 174 Å². The first kappa shape index (κ1) is 45.9. The minimum Gasteiger partial charge on any atom is -0.497 e. The minimum atomic E-state index is -1.04. The average Bonchev–Trinajstić information content (AvgIpc) is 3.64. The number of likely N-dealkylation sites (N-methyl/N-ethyl adjacent to an activating group) is 1. The van der Waals surface area contributed by atoms with Crippen molar-refractivity contribution in [3.63, 3.8) is 0 Å². The molecule has 0 bridgehead atoms. The lowest BCUT2D eigenvalue weighted by Crippen LogP contribution is -2.60. The summed E-state index contributed by atoms with van der Waals surface area (Å²) in [5, 5.41) is 12.3. The molecule has 326 valence electrons. The highest BCUT2D eigenvalue weighted by atomic mass is 16.6. The Labute approximate surface area is 354 Å². The van der Waals surface area contributed by atoms with Crippen molar-refractivity contribution in [1.29, 1.82) is 0 Å². The summed E-state index contributed by atoms with van der Waals surface area (Å²) in [7, 11) is 3.15. The Kier molecular flexibility index (Phi) is 15.2. The molecule has 2 saturated carbocycles. The number of carbonyl (C=O) groups is 5. The molecule has 13 heteroatoms. The molecule has 0 aliphatic heterocycles. The molecule has 1 aromatic heterocycles. The number of carbonyl (C=O) groups excluding carboxylic acids is 5. The van der Waals surface area contributed by atoms with Crippen LogP contribution in [0.2, 0.25) is 0 Å². The van der Waals surface area contributed by atoms with Gasteiger partial charge in [-0.15, -0.1) is 0 Å². The van der Waals surface area contributed by atoms with Gasteiger partial charge in [-0.05, 0) is 76.3 Å². The Balaban J connectivity index is 1.47. The SMILES string of the molecule is CCC[C@H](NC(=O)[C@@H]1C[C@@H](Oc2cc(-c3ccccc3)nc3cc(OC)ccc23)C[C@H]1C(=O)N[C@H](C(=O)N[C@H](C(=O)NC)C1CCCCC1)C(C)(C)C)C(=O)OC(C)(C)C. The molecule has 1 heterocycles. The quantitative estimate of drug-likeness (QED) is 0.122. The standard InChI is InChI=1S/C47H65N5O8/c1-10-17-35(45(57)60-47(5,6)7)50-41(53)33-24-31(59-38-27-36(28-18-13-11-14-19-28)49-37-26-30(58-9)22-23-32(37)38)25-34(33)42(54)52-40(46(2,3)4)44(56)51-39(43(55)48-8)29-20-15-12-16-21-29/h11,13-14,18-19,22-23,26-27,29,31,33-35,39-40H,10,12,15-17,20-21,24-25H2,1-9H3,(H,48,55)(H,50,53)(H,51,56)(H,52,54)/t31-,33-,34-,35+,39+,40-/m1/s1. The van der Waals surface area contributed by atoms with Gasteiger partial charge in [0.05, 0.1) is 30.2 Å². The van der Waals surface area contributed by atoms with Gasteiger partial charge in [0.2, 0.25) is 23.6 Å². The summed E-state index contributed by atoms with van der Waals surface area (Å²) in [6.07, 6.45) is 5.34. The van der Waals surface area contributed by atoms with Gasteiger partial charge in [-0.3, -0.25) is 19.2 Å². The number of benzene rings is 2. The van der Waals surface area contributed by atoms with Crippen molar-refractivity contribution in [1.82, 2.24) is 26.3 Å². The van der Waals surface area contributed by atoms with E-state index in [2.05, 4.69) is 21.3 Å². The number of methoxy groups -OCH3 is 1. The first-order valence-corrected chi connectivity index (χ1v) is 21.5. The molecule has 6 atom stereocenters. The Morgan fingerprint density at radius 2 is 1.47 bits per heavy atom. The number of nitrogens with one attached hydrogen (secondary N) is 4. The van der Waals surface area contributed by atoms with Crippen LogP contribution >= 0.6 is 0 Å². The van der Waals surface area contributed by atoms with Crippen molar-refractivity contribution in [2.75, 3.05) is 14.2 Å². The molecule has 4 amide bonds. The van der Waals surface area contributed by atoms with Gasteiger partial charge in [0, 0.05) is 30.1 Å². The molecule has 0 radical (unpaired) electrons. The van der Waals surface area contributed by atoms with E-state index in [4.69, 9.17) is 19.2 Å². The smallest absolute Gasteiger partial charge is 0.329 e. The van der Waals surface area contributed by atoms with Crippen molar-refractivity contribution in [3.8, 4) is 22.8 Å². The number of esters is 1. The molecule has 2 fully saturated rings. The van der Waals surface area contributed by atoms with Gasteiger partial charge in [0.1, 0.15) is 41.3 Å². The zero-order valence-electron chi connectivity index (χ0n) is 36.8. The summed E-state index contributed by atoms with van der Waals surface area (Å²) in [6, 6.07) is 14.4. The van der Waals surface area contributed by atoms with Crippen LogP contribution in [-0.2, 0) is 28.7 Å². The van der Waals surface area contributed by atoms with E-state index < -0.39 is 70.8 Å². The summed E-state index contributed by atoms with van der Waals surface area (Å²) in [6.45, 7) is 12.8. The number of ether oxygens (including phenoxy) is 3. The number of nitrogens with zero attached hydrogens (tertiary/aromatic N) is 1. The minimum absolute atomic E-state index is 0.0198. The summed E-state index contributed by atoms with van der Waals surface area (Å²) < 4.78 is 17.9. The lowest BCUT2D eigenvalue weighted by molar-refractivity contribution is -0.159. The molecule has 60 heavy (non-hydrogen) atoms. The first-order chi connectivity index (χ1) is 28.4. The van der Waals surface area contributed by atoms with E-state index in [9.17, 15) is 24.0 Å². The summed E-state index contributed by atoms with van der Waals surface area (Å²) in [5.74, 6) is -2.97. The second-order valence-electron chi connectivity index (χ2n) is 18.4. The molecule has 13 nitrogen and oxygen atoms in total. The molecule has 2 aromatic carbocycles. The molecule has 5 rings (SSSR count). The van der Waals surface area contributed by atoms with Gasteiger partial charge in [0.25, 0.3) is 0 Å². The Bertz CT molecular complexity index is 1980. The number of hydrogen-bond donors (Lipinski definition) is 4. The Hall–Kier alpha value is -5.20. The monoisotopic (exact) mass is 827 g/mol. The first-order valence-electron chi connectivity index (χ1n) is 21.5. The molecule has 4 N–H and O–H groups in total. The summed E-state index contributed by atoms with van der Waals surface area (Å²) in [4.78, 5) is 74.5. The van der Waals surface area contributed by atoms with Crippen molar-refractivity contribution in [2.24, 2.45) is 23.2 Å². The van der Waals surface area contributed by atoms with Gasteiger partial charge in [-0.2, -0.15) is 0 Å². The average molecular weight is 828 g/mol. The van der Waals surface area contributed by atoms with Crippen LogP contribution in [0.15, 0.2) is 54.6 Å². The molecule has 3 aromatic rings.